The molecule has 0 saturated carbocycles. The van der Waals surface area contributed by atoms with Crippen LogP contribution in [-0.2, 0) is 4.74 Å². The summed E-state index contributed by atoms with van der Waals surface area (Å²) in [5, 5.41) is 3.35. The molecule has 7 nitrogen and oxygen atoms in total. The highest BCUT2D eigenvalue weighted by molar-refractivity contribution is 5.87. The first-order valence-corrected chi connectivity index (χ1v) is 8.80. The molecule has 26 heavy (non-hydrogen) atoms. The molecule has 1 aliphatic rings. The molecule has 0 spiro atoms. The Labute approximate surface area is 152 Å². The van der Waals surface area contributed by atoms with E-state index in [0.717, 1.165) is 18.8 Å². The van der Waals surface area contributed by atoms with Gasteiger partial charge in [0, 0.05) is 18.8 Å². The number of benzene rings is 1. The summed E-state index contributed by atoms with van der Waals surface area (Å²) in [5.41, 5.74) is 3.58. The molecule has 0 bridgehead atoms. The van der Waals surface area contributed by atoms with E-state index in [1.54, 1.807) is 6.20 Å². The third kappa shape index (κ3) is 3.43. The van der Waals surface area contributed by atoms with Gasteiger partial charge < -0.3 is 15.0 Å². The number of aryl methyl sites for hydroxylation is 1. The molecule has 134 valence electrons. The van der Waals surface area contributed by atoms with Gasteiger partial charge in [0.25, 0.3) is 0 Å². The maximum absolute atomic E-state index is 5.81. The van der Waals surface area contributed by atoms with Crippen LogP contribution in [0.25, 0.3) is 11.0 Å². The van der Waals surface area contributed by atoms with Crippen molar-refractivity contribution in [3.8, 4) is 0 Å². The van der Waals surface area contributed by atoms with Gasteiger partial charge in [-0.15, -0.1) is 0 Å². The van der Waals surface area contributed by atoms with Crippen LogP contribution in [0.2, 0.25) is 0 Å². The zero-order valence-corrected chi connectivity index (χ0v) is 15.2. The molecule has 0 radical (unpaired) electrons. The topological polar surface area (TPSA) is 76.1 Å². The van der Waals surface area contributed by atoms with Crippen LogP contribution in [0, 0.1) is 6.92 Å². The van der Waals surface area contributed by atoms with Crippen molar-refractivity contribution < 1.29 is 4.74 Å². The summed E-state index contributed by atoms with van der Waals surface area (Å²) >= 11 is 0. The predicted molar refractivity (Wildman–Crippen MR) is 102 cm³/mol. The van der Waals surface area contributed by atoms with Gasteiger partial charge in [-0.1, -0.05) is 12.1 Å². The molecule has 0 aliphatic carbocycles. The highest BCUT2D eigenvalue weighted by Crippen LogP contribution is 2.24. The lowest BCUT2D eigenvalue weighted by atomic mass is 10.2. The molecule has 0 amide bonds. The largest absolute Gasteiger partial charge is 0.372 e. The fourth-order valence-corrected chi connectivity index (χ4v) is 3.29. The zero-order valence-electron chi connectivity index (χ0n) is 15.2. The van der Waals surface area contributed by atoms with E-state index in [2.05, 4.69) is 58.1 Å². The number of aromatic nitrogens is 4. The molecule has 7 heteroatoms. The van der Waals surface area contributed by atoms with Crippen molar-refractivity contribution >= 4 is 28.5 Å². The minimum Gasteiger partial charge on any atom is -0.372 e. The number of hydrogen-bond acceptors (Lipinski definition) is 7. The molecule has 1 N–H and O–H groups in total. The molecular formula is C19H22N6O. The van der Waals surface area contributed by atoms with Crippen molar-refractivity contribution in [1.29, 1.82) is 0 Å². The average molecular weight is 350 g/mol. The number of nitrogens with one attached hydrogen (secondary N) is 1. The number of ether oxygens (including phenoxy) is 1. The van der Waals surface area contributed by atoms with Gasteiger partial charge in [0.15, 0.2) is 5.82 Å². The summed E-state index contributed by atoms with van der Waals surface area (Å²) in [6.45, 7) is 7.73. The Balaban J connectivity index is 1.70. The Morgan fingerprint density at radius 1 is 1.12 bits per heavy atom. The smallest absolute Gasteiger partial charge is 0.226 e. The van der Waals surface area contributed by atoms with E-state index >= 15 is 0 Å². The van der Waals surface area contributed by atoms with E-state index in [1.807, 2.05) is 12.1 Å². The fourth-order valence-electron chi connectivity index (χ4n) is 3.29. The third-order valence-electron chi connectivity index (χ3n) is 4.35. The Morgan fingerprint density at radius 2 is 1.92 bits per heavy atom. The second-order valence-corrected chi connectivity index (χ2v) is 6.78. The summed E-state index contributed by atoms with van der Waals surface area (Å²) in [4.78, 5) is 20.1. The van der Waals surface area contributed by atoms with Gasteiger partial charge >= 0.3 is 0 Å². The second kappa shape index (κ2) is 6.84. The standard InChI is InChI=1S/C19H22N6O/c1-12-5-4-6-15(7-12)23-18-17-16(21-11-22-18)8-20-19(24-17)25-9-13(2)26-14(3)10-25/h4-8,11,13-14H,9-10H2,1-3H3,(H,21,22,23). The lowest BCUT2D eigenvalue weighted by Gasteiger charge is -2.35. The Morgan fingerprint density at radius 3 is 2.69 bits per heavy atom. The van der Waals surface area contributed by atoms with E-state index in [4.69, 9.17) is 9.72 Å². The number of morpholine rings is 1. The van der Waals surface area contributed by atoms with Crippen molar-refractivity contribution in [2.45, 2.75) is 33.0 Å². The first kappa shape index (κ1) is 16.7. The van der Waals surface area contributed by atoms with Gasteiger partial charge in [-0.3, -0.25) is 0 Å². The highest BCUT2D eigenvalue weighted by Gasteiger charge is 2.24. The maximum Gasteiger partial charge on any atom is 0.226 e. The Bertz CT molecular complexity index is 921. The van der Waals surface area contributed by atoms with Crippen molar-refractivity contribution in [2.24, 2.45) is 0 Å². The molecule has 1 saturated heterocycles. The Hall–Kier alpha value is -2.80. The van der Waals surface area contributed by atoms with Crippen molar-refractivity contribution in [2.75, 3.05) is 23.3 Å². The molecule has 4 rings (SSSR count). The fraction of sp³-hybridized carbons (Fsp3) is 0.368. The van der Waals surface area contributed by atoms with E-state index in [1.165, 1.54) is 11.9 Å². The van der Waals surface area contributed by atoms with Crippen LogP contribution in [0.4, 0.5) is 17.5 Å². The van der Waals surface area contributed by atoms with Gasteiger partial charge in [0.1, 0.15) is 17.4 Å². The molecule has 1 aliphatic heterocycles. The molecule has 3 aromatic rings. The molecule has 2 aromatic heterocycles. The summed E-state index contributed by atoms with van der Waals surface area (Å²) < 4.78 is 5.81. The summed E-state index contributed by atoms with van der Waals surface area (Å²) in [5.74, 6) is 1.36. The zero-order chi connectivity index (χ0) is 18.1. The van der Waals surface area contributed by atoms with Crippen LogP contribution in [0.1, 0.15) is 19.4 Å². The van der Waals surface area contributed by atoms with E-state index in [-0.39, 0.29) is 12.2 Å². The second-order valence-electron chi connectivity index (χ2n) is 6.78. The summed E-state index contributed by atoms with van der Waals surface area (Å²) in [7, 11) is 0. The van der Waals surface area contributed by atoms with Crippen LogP contribution in [0.5, 0.6) is 0 Å². The first-order chi connectivity index (χ1) is 12.6. The Kier molecular flexibility index (Phi) is 4.38. The molecule has 1 aromatic carbocycles. The molecular weight excluding hydrogens is 328 g/mol. The highest BCUT2D eigenvalue weighted by atomic mass is 16.5. The number of hydrogen-bond donors (Lipinski definition) is 1. The minimum atomic E-state index is 0.148. The minimum absolute atomic E-state index is 0.148. The third-order valence-corrected chi connectivity index (χ3v) is 4.35. The van der Waals surface area contributed by atoms with Crippen LogP contribution >= 0.6 is 0 Å². The molecule has 2 unspecified atom stereocenters. The number of fused-ring (bicyclic) bond motifs is 1. The number of anilines is 3. The SMILES string of the molecule is Cc1cccc(Nc2ncnc3cnc(N4CC(C)OC(C)C4)nc23)c1. The summed E-state index contributed by atoms with van der Waals surface area (Å²) in [6.07, 6.45) is 3.58. The molecule has 2 atom stereocenters. The first-order valence-electron chi connectivity index (χ1n) is 8.80. The van der Waals surface area contributed by atoms with Gasteiger partial charge in [0.05, 0.1) is 18.4 Å². The van der Waals surface area contributed by atoms with Gasteiger partial charge in [-0.2, -0.15) is 0 Å². The number of nitrogens with zero attached hydrogens (tertiary/aromatic N) is 5. The lowest BCUT2D eigenvalue weighted by Crippen LogP contribution is -2.46. The molecule has 1 fully saturated rings. The normalized spacial score (nSPS) is 20.3. The van der Waals surface area contributed by atoms with E-state index in [0.29, 0.717) is 22.8 Å². The van der Waals surface area contributed by atoms with Gasteiger partial charge in [-0.05, 0) is 38.5 Å². The molecule has 3 heterocycles. The predicted octanol–water partition coefficient (Wildman–Crippen LogP) is 3.09. The maximum atomic E-state index is 5.81. The quantitative estimate of drug-likeness (QED) is 0.778. The van der Waals surface area contributed by atoms with Gasteiger partial charge in [-0.25, -0.2) is 19.9 Å². The van der Waals surface area contributed by atoms with Crippen molar-refractivity contribution in [3.63, 3.8) is 0 Å². The summed E-state index contributed by atoms with van der Waals surface area (Å²) in [6, 6.07) is 8.15. The monoisotopic (exact) mass is 350 g/mol. The van der Waals surface area contributed by atoms with Crippen molar-refractivity contribution in [3.05, 3.63) is 42.4 Å². The van der Waals surface area contributed by atoms with Crippen LogP contribution < -0.4 is 10.2 Å². The van der Waals surface area contributed by atoms with E-state index in [9.17, 15) is 0 Å². The van der Waals surface area contributed by atoms with Crippen LogP contribution in [0.3, 0.4) is 0 Å². The van der Waals surface area contributed by atoms with Crippen LogP contribution in [0.15, 0.2) is 36.8 Å². The van der Waals surface area contributed by atoms with Crippen molar-refractivity contribution in [1.82, 2.24) is 19.9 Å². The lowest BCUT2D eigenvalue weighted by molar-refractivity contribution is -0.00570. The van der Waals surface area contributed by atoms with Gasteiger partial charge in [0.2, 0.25) is 5.95 Å². The van der Waals surface area contributed by atoms with Crippen LogP contribution in [-0.4, -0.2) is 45.2 Å². The number of rotatable bonds is 3. The van der Waals surface area contributed by atoms with E-state index < -0.39 is 0 Å². The average Bonchev–Trinajstić information content (AvgIpc) is 2.61.